The van der Waals surface area contributed by atoms with Crippen molar-refractivity contribution in [3.05, 3.63) is 11.8 Å². The van der Waals surface area contributed by atoms with E-state index in [4.69, 9.17) is 11.1 Å². The smallest absolute Gasteiger partial charge is 0.293 e. The lowest BCUT2D eigenvalue weighted by Crippen LogP contribution is -2.30. The van der Waals surface area contributed by atoms with Crippen molar-refractivity contribution >= 4 is 11.6 Å². The molecular formula is C7H13N3O2. The first-order chi connectivity index (χ1) is 5.49. The number of hydroxylamine groups is 2. The molecule has 0 aliphatic heterocycles. The summed E-state index contributed by atoms with van der Waals surface area (Å²) in [5.41, 5.74) is 5.56. The Morgan fingerprint density at radius 2 is 2.17 bits per heavy atom. The fourth-order valence-electron chi connectivity index (χ4n) is 0.560. The van der Waals surface area contributed by atoms with Crippen molar-refractivity contribution in [2.45, 2.75) is 6.92 Å². The third kappa shape index (κ3) is 3.16. The normalized spacial score (nSPS) is 11.1. The van der Waals surface area contributed by atoms with Gasteiger partial charge in [0, 0.05) is 12.8 Å². The fraction of sp³-hybridized carbons (Fsp3) is 0.429. The predicted octanol–water partition coefficient (Wildman–Crippen LogP) is -0.112. The summed E-state index contributed by atoms with van der Waals surface area (Å²) in [4.78, 5) is 15.7. The van der Waals surface area contributed by atoms with Gasteiger partial charge in [0.1, 0.15) is 5.70 Å². The van der Waals surface area contributed by atoms with Crippen LogP contribution in [0.5, 0.6) is 0 Å². The number of nitrogens with one attached hydrogen (secondary N) is 1. The van der Waals surface area contributed by atoms with Crippen LogP contribution in [0.1, 0.15) is 6.92 Å². The van der Waals surface area contributed by atoms with Crippen LogP contribution in [-0.2, 0) is 9.63 Å². The zero-order valence-corrected chi connectivity index (χ0v) is 7.42. The molecule has 0 radical (unpaired) electrons. The maximum Gasteiger partial charge on any atom is 0.293 e. The lowest BCUT2D eigenvalue weighted by molar-refractivity contribution is -0.164. The molecule has 5 heteroatoms. The van der Waals surface area contributed by atoms with Gasteiger partial charge in [-0.05, 0) is 13.0 Å². The van der Waals surface area contributed by atoms with E-state index in [1.165, 1.54) is 27.2 Å². The Hall–Kier alpha value is -1.36. The SMILES string of the molecule is CON(C)C(=O)/C(N)=C/C(C)=N. The number of nitrogens with zero attached hydrogens (tertiary/aromatic N) is 1. The highest BCUT2D eigenvalue weighted by Crippen LogP contribution is 1.93. The molecule has 3 N–H and O–H groups in total. The highest BCUT2D eigenvalue weighted by atomic mass is 16.7. The molecule has 0 rings (SSSR count). The van der Waals surface area contributed by atoms with Gasteiger partial charge in [0.15, 0.2) is 0 Å². The largest absolute Gasteiger partial charge is 0.394 e. The Bertz CT molecular complexity index is 223. The van der Waals surface area contributed by atoms with E-state index in [1.807, 2.05) is 0 Å². The highest BCUT2D eigenvalue weighted by molar-refractivity contribution is 6.00. The summed E-state index contributed by atoms with van der Waals surface area (Å²) in [7, 11) is 2.81. The first-order valence-corrected chi connectivity index (χ1v) is 3.33. The van der Waals surface area contributed by atoms with E-state index in [0.29, 0.717) is 0 Å². The molecule has 0 fully saturated rings. The van der Waals surface area contributed by atoms with Crippen LogP contribution in [0.15, 0.2) is 11.8 Å². The minimum absolute atomic E-state index is 0.00755. The Labute approximate surface area is 71.3 Å². The van der Waals surface area contributed by atoms with Crippen LogP contribution in [0.25, 0.3) is 0 Å². The van der Waals surface area contributed by atoms with Gasteiger partial charge in [-0.2, -0.15) is 0 Å². The molecule has 5 nitrogen and oxygen atoms in total. The maximum absolute atomic E-state index is 11.1. The van der Waals surface area contributed by atoms with E-state index in [-0.39, 0.29) is 11.4 Å². The Morgan fingerprint density at radius 1 is 1.67 bits per heavy atom. The molecule has 0 aliphatic rings. The molecule has 0 aromatic carbocycles. The summed E-state index contributed by atoms with van der Waals surface area (Å²) in [6.45, 7) is 1.53. The van der Waals surface area contributed by atoms with Crippen molar-refractivity contribution in [2.24, 2.45) is 5.73 Å². The molecular weight excluding hydrogens is 158 g/mol. The molecule has 1 amide bonds. The molecule has 0 aliphatic carbocycles. The second-order valence-electron chi connectivity index (χ2n) is 2.27. The molecule has 68 valence electrons. The van der Waals surface area contributed by atoms with E-state index in [0.717, 1.165) is 5.06 Å². The van der Waals surface area contributed by atoms with Crippen LogP contribution in [0.4, 0.5) is 0 Å². The lowest BCUT2D eigenvalue weighted by atomic mass is 10.3. The minimum Gasteiger partial charge on any atom is -0.394 e. The number of allylic oxidation sites excluding steroid dienone is 1. The molecule has 0 saturated carbocycles. The number of hydrogen-bond donors (Lipinski definition) is 2. The van der Waals surface area contributed by atoms with Gasteiger partial charge in [0.05, 0.1) is 7.11 Å². The molecule has 0 spiro atoms. The number of amides is 1. The summed E-state index contributed by atoms with van der Waals surface area (Å²) in [5.74, 6) is -0.455. The highest BCUT2D eigenvalue weighted by Gasteiger charge is 2.10. The molecule has 0 atom stereocenters. The van der Waals surface area contributed by atoms with Crippen LogP contribution in [-0.4, -0.2) is 30.8 Å². The van der Waals surface area contributed by atoms with Gasteiger partial charge >= 0.3 is 0 Å². The van der Waals surface area contributed by atoms with Crippen LogP contribution >= 0.6 is 0 Å². The van der Waals surface area contributed by atoms with Gasteiger partial charge in [-0.3, -0.25) is 9.63 Å². The third-order valence-electron chi connectivity index (χ3n) is 1.18. The maximum atomic E-state index is 11.1. The standard InChI is InChI=1S/C7H13N3O2/c1-5(8)4-6(9)7(11)10(2)12-3/h4,8H,9H2,1-3H3/b6-4-,8-5?. The van der Waals surface area contributed by atoms with Gasteiger partial charge in [0.2, 0.25) is 0 Å². The van der Waals surface area contributed by atoms with E-state index in [2.05, 4.69) is 4.84 Å². The Balaban J connectivity index is 4.39. The summed E-state index contributed by atoms with van der Waals surface area (Å²) >= 11 is 0. The van der Waals surface area contributed by atoms with Crippen LogP contribution in [0.2, 0.25) is 0 Å². The topological polar surface area (TPSA) is 79.4 Å². The summed E-state index contributed by atoms with van der Waals surface area (Å²) in [6, 6.07) is 0. The van der Waals surface area contributed by atoms with Gasteiger partial charge in [-0.1, -0.05) is 0 Å². The van der Waals surface area contributed by atoms with Gasteiger partial charge < -0.3 is 11.1 Å². The molecule has 0 heterocycles. The van der Waals surface area contributed by atoms with Crippen molar-refractivity contribution in [3.63, 3.8) is 0 Å². The predicted molar refractivity (Wildman–Crippen MR) is 45.5 cm³/mol. The summed E-state index contributed by atoms with van der Waals surface area (Å²) in [5, 5.41) is 8.04. The molecule has 0 unspecified atom stereocenters. The van der Waals surface area contributed by atoms with Gasteiger partial charge in [0.25, 0.3) is 5.91 Å². The zero-order valence-electron chi connectivity index (χ0n) is 7.42. The summed E-state index contributed by atoms with van der Waals surface area (Å²) in [6.07, 6.45) is 1.28. The van der Waals surface area contributed by atoms with Crippen molar-refractivity contribution in [2.75, 3.05) is 14.2 Å². The monoisotopic (exact) mass is 171 g/mol. The first-order valence-electron chi connectivity index (χ1n) is 3.33. The second-order valence-corrected chi connectivity index (χ2v) is 2.27. The lowest BCUT2D eigenvalue weighted by Gasteiger charge is -2.12. The van der Waals surface area contributed by atoms with Crippen molar-refractivity contribution < 1.29 is 9.63 Å². The van der Waals surface area contributed by atoms with Gasteiger partial charge in [-0.25, -0.2) is 5.06 Å². The van der Waals surface area contributed by atoms with E-state index in [1.54, 1.807) is 0 Å². The number of likely N-dealkylation sites (N-methyl/N-ethyl adjacent to an activating group) is 1. The second kappa shape index (κ2) is 4.50. The molecule has 0 bridgehead atoms. The average Bonchev–Trinajstić information content (AvgIpc) is 2.00. The summed E-state index contributed by atoms with van der Waals surface area (Å²) < 4.78 is 0. The van der Waals surface area contributed by atoms with E-state index in [9.17, 15) is 4.79 Å². The minimum atomic E-state index is -0.455. The first kappa shape index (κ1) is 10.6. The Morgan fingerprint density at radius 3 is 2.50 bits per heavy atom. The number of carbonyl (C=O) groups is 1. The van der Waals surface area contributed by atoms with Crippen molar-refractivity contribution in [1.82, 2.24) is 5.06 Å². The van der Waals surface area contributed by atoms with Crippen molar-refractivity contribution in [1.29, 1.82) is 5.41 Å². The van der Waals surface area contributed by atoms with Crippen LogP contribution in [0, 0.1) is 5.41 Å². The third-order valence-corrected chi connectivity index (χ3v) is 1.18. The van der Waals surface area contributed by atoms with E-state index >= 15 is 0 Å². The quantitative estimate of drug-likeness (QED) is 0.353. The fourth-order valence-corrected chi connectivity index (χ4v) is 0.560. The van der Waals surface area contributed by atoms with Gasteiger partial charge in [-0.15, -0.1) is 0 Å². The number of hydrogen-bond acceptors (Lipinski definition) is 4. The molecule has 0 aromatic rings. The number of carbonyl (C=O) groups excluding carboxylic acids is 1. The molecule has 0 aromatic heterocycles. The van der Waals surface area contributed by atoms with E-state index < -0.39 is 5.91 Å². The Kier molecular flexibility index (Phi) is 3.99. The van der Waals surface area contributed by atoms with Crippen LogP contribution < -0.4 is 5.73 Å². The average molecular weight is 171 g/mol. The molecule has 0 saturated heterocycles. The molecule has 12 heavy (non-hydrogen) atoms. The number of nitrogens with two attached hydrogens (primary N) is 1. The van der Waals surface area contributed by atoms with Crippen LogP contribution in [0.3, 0.4) is 0 Å². The number of rotatable bonds is 3. The zero-order chi connectivity index (χ0) is 9.72. The van der Waals surface area contributed by atoms with Crippen molar-refractivity contribution in [3.8, 4) is 0 Å².